The van der Waals surface area contributed by atoms with Gasteiger partial charge in [-0.3, -0.25) is 4.79 Å². The van der Waals surface area contributed by atoms with Gasteiger partial charge >= 0.3 is 5.76 Å². The van der Waals surface area contributed by atoms with Crippen molar-refractivity contribution in [1.82, 2.24) is 15.1 Å². The van der Waals surface area contributed by atoms with Crippen LogP contribution in [0.2, 0.25) is 0 Å². The third-order valence-electron chi connectivity index (χ3n) is 5.19. The highest BCUT2D eigenvalue weighted by Gasteiger charge is 2.20. The standard InChI is InChI=1S/C25H22FN3O5/c1-32-20-11-5-16(6-12-20)23(17-7-13-21(33-2)14-8-17)27-22(30)15-29-25(31)34-24(28-29)18-3-9-19(26)10-4-18/h3-14,23H,15H2,1-2H3,(H,27,30). The number of benzene rings is 3. The van der Waals surface area contributed by atoms with Gasteiger partial charge in [0.1, 0.15) is 23.9 Å². The van der Waals surface area contributed by atoms with E-state index in [-0.39, 0.29) is 12.4 Å². The summed E-state index contributed by atoms with van der Waals surface area (Å²) in [5, 5.41) is 7.01. The Kier molecular flexibility index (Phi) is 6.72. The lowest BCUT2D eigenvalue weighted by atomic mass is 9.98. The molecule has 0 unspecified atom stereocenters. The largest absolute Gasteiger partial charge is 0.497 e. The zero-order chi connectivity index (χ0) is 24.1. The molecule has 0 fully saturated rings. The number of amides is 1. The Morgan fingerprint density at radius 2 is 1.47 bits per heavy atom. The molecule has 0 spiro atoms. The second-order valence-corrected chi connectivity index (χ2v) is 7.38. The number of carbonyl (C=O) groups excluding carboxylic acids is 1. The van der Waals surface area contributed by atoms with E-state index < -0.39 is 23.5 Å². The summed E-state index contributed by atoms with van der Waals surface area (Å²) in [6, 6.07) is 19.4. The summed E-state index contributed by atoms with van der Waals surface area (Å²) in [4.78, 5) is 25.1. The lowest BCUT2D eigenvalue weighted by Gasteiger charge is -2.20. The van der Waals surface area contributed by atoms with Crippen LogP contribution in [-0.4, -0.2) is 29.9 Å². The topological polar surface area (TPSA) is 95.6 Å². The van der Waals surface area contributed by atoms with Gasteiger partial charge in [0.15, 0.2) is 0 Å². The van der Waals surface area contributed by atoms with Crippen LogP contribution in [0.3, 0.4) is 0 Å². The van der Waals surface area contributed by atoms with Crippen molar-refractivity contribution < 1.29 is 23.1 Å². The molecule has 1 N–H and O–H groups in total. The molecule has 8 nitrogen and oxygen atoms in total. The second kappa shape index (κ2) is 10.0. The maximum Gasteiger partial charge on any atom is 0.437 e. The summed E-state index contributed by atoms with van der Waals surface area (Å²) >= 11 is 0. The van der Waals surface area contributed by atoms with E-state index in [1.54, 1.807) is 38.5 Å². The molecule has 0 saturated carbocycles. The first kappa shape index (κ1) is 22.8. The lowest BCUT2D eigenvalue weighted by molar-refractivity contribution is -0.122. The number of methoxy groups -OCH3 is 2. The molecule has 9 heteroatoms. The third kappa shape index (κ3) is 5.15. The monoisotopic (exact) mass is 463 g/mol. The van der Waals surface area contributed by atoms with E-state index in [1.807, 2.05) is 24.3 Å². The van der Waals surface area contributed by atoms with Gasteiger partial charge in [-0.2, -0.15) is 4.68 Å². The highest BCUT2D eigenvalue weighted by Crippen LogP contribution is 2.26. The zero-order valence-corrected chi connectivity index (χ0v) is 18.5. The van der Waals surface area contributed by atoms with Crippen molar-refractivity contribution >= 4 is 5.91 Å². The molecule has 0 aliphatic carbocycles. The minimum atomic E-state index is -0.792. The third-order valence-corrected chi connectivity index (χ3v) is 5.19. The highest BCUT2D eigenvalue weighted by atomic mass is 19.1. The molecule has 0 aliphatic rings. The molecule has 0 bridgehead atoms. The first-order chi connectivity index (χ1) is 16.5. The van der Waals surface area contributed by atoms with Crippen LogP contribution in [-0.2, 0) is 11.3 Å². The predicted molar refractivity (Wildman–Crippen MR) is 122 cm³/mol. The number of aromatic nitrogens is 2. The second-order valence-electron chi connectivity index (χ2n) is 7.38. The molecule has 0 aliphatic heterocycles. The van der Waals surface area contributed by atoms with Gasteiger partial charge in [-0.1, -0.05) is 24.3 Å². The maximum atomic E-state index is 13.2. The van der Waals surface area contributed by atoms with Crippen molar-refractivity contribution in [2.24, 2.45) is 0 Å². The van der Waals surface area contributed by atoms with Crippen LogP contribution in [0, 0.1) is 5.82 Å². The van der Waals surface area contributed by atoms with Crippen molar-refractivity contribution in [3.05, 3.63) is 100 Å². The number of hydrogen-bond acceptors (Lipinski definition) is 6. The zero-order valence-electron chi connectivity index (χ0n) is 18.5. The van der Waals surface area contributed by atoms with Crippen molar-refractivity contribution in [1.29, 1.82) is 0 Å². The van der Waals surface area contributed by atoms with Gasteiger partial charge in [-0.05, 0) is 59.7 Å². The summed E-state index contributed by atoms with van der Waals surface area (Å²) in [5.74, 6) is -0.289. The highest BCUT2D eigenvalue weighted by molar-refractivity contribution is 5.76. The van der Waals surface area contributed by atoms with Gasteiger partial charge in [-0.15, -0.1) is 5.10 Å². The van der Waals surface area contributed by atoms with E-state index in [0.29, 0.717) is 17.1 Å². The molecule has 4 rings (SSSR count). The molecule has 3 aromatic carbocycles. The molecule has 4 aromatic rings. The molecule has 0 radical (unpaired) electrons. The average molecular weight is 463 g/mol. The van der Waals surface area contributed by atoms with E-state index in [4.69, 9.17) is 13.9 Å². The Morgan fingerprint density at radius 3 is 1.97 bits per heavy atom. The van der Waals surface area contributed by atoms with Crippen LogP contribution in [0.5, 0.6) is 11.5 Å². The molecule has 34 heavy (non-hydrogen) atoms. The van der Waals surface area contributed by atoms with Crippen molar-refractivity contribution in [3.63, 3.8) is 0 Å². The number of hydrogen-bond donors (Lipinski definition) is 1. The van der Waals surface area contributed by atoms with E-state index in [1.165, 1.54) is 24.3 Å². The van der Waals surface area contributed by atoms with Gasteiger partial charge < -0.3 is 19.2 Å². The van der Waals surface area contributed by atoms with Gasteiger partial charge in [0.25, 0.3) is 0 Å². The van der Waals surface area contributed by atoms with E-state index in [0.717, 1.165) is 15.8 Å². The Hall–Kier alpha value is -4.40. The van der Waals surface area contributed by atoms with Gasteiger partial charge in [0.05, 0.1) is 20.3 Å². The Bertz CT molecular complexity index is 1270. The van der Waals surface area contributed by atoms with Gasteiger partial charge in [0, 0.05) is 5.56 Å². The van der Waals surface area contributed by atoms with Crippen molar-refractivity contribution in [2.45, 2.75) is 12.6 Å². The summed E-state index contributed by atoms with van der Waals surface area (Å²) < 4.78 is 29.7. The first-order valence-corrected chi connectivity index (χ1v) is 10.4. The number of nitrogens with one attached hydrogen (secondary N) is 1. The number of nitrogens with zero attached hydrogens (tertiary/aromatic N) is 2. The van der Waals surface area contributed by atoms with E-state index in [2.05, 4.69) is 10.4 Å². The number of carbonyl (C=O) groups is 1. The van der Waals surface area contributed by atoms with Crippen LogP contribution < -0.4 is 20.5 Å². The van der Waals surface area contributed by atoms with Crippen LogP contribution >= 0.6 is 0 Å². The lowest BCUT2D eigenvalue weighted by Crippen LogP contribution is -2.34. The van der Waals surface area contributed by atoms with Crippen LogP contribution in [0.4, 0.5) is 4.39 Å². The molecule has 1 heterocycles. The molecule has 174 valence electrons. The molecule has 1 aromatic heterocycles. The number of rotatable bonds is 8. The first-order valence-electron chi connectivity index (χ1n) is 10.4. The van der Waals surface area contributed by atoms with E-state index >= 15 is 0 Å². The Labute approximate surface area is 194 Å². The number of ether oxygens (including phenoxy) is 2. The molecule has 0 atom stereocenters. The summed E-state index contributed by atoms with van der Waals surface area (Å²) in [7, 11) is 3.15. The van der Waals surface area contributed by atoms with Crippen molar-refractivity contribution in [2.75, 3.05) is 14.2 Å². The fourth-order valence-electron chi connectivity index (χ4n) is 3.41. The average Bonchev–Trinajstić information content (AvgIpc) is 3.23. The summed E-state index contributed by atoms with van der Waals surface area (Å²) in [6.07, 6.45) is 0. The van der Waals surface area contributed by atoms with Crippen molar-refractivity contribution in [3.8, 4) is 23.0 Å². The number of halogens is 1. The van der Waals surface area contributed by atoms with Gasteiger partial charge in [-0.25, -0.2) is 9.18 Å². The Morgan fingerprint density at radius 1 is 0.941 bits per heavy atom. The fraction of sp³-hybridized carbons (Fsp3) is 0.160. The minimum Gasteiger partial charge on any atom is -0.497 e. The fourth-order valence-corrected chi connectivity index (χ4v) is 3.41. The molecule has 1 amide bonds. The summed E-state index contributed by atoms with van der Waals surface area (Å²) in [5.41, 5.74) is 2.06. The minimum absolute atomic E-state index is 0.000316. The van der Waals surface area contributed by atoms with Crippen LogP contribution in [0.25, 0.3) is 11.5 Å². The molecular formula is C25H22FN3O5. The smallest absolute Gasteiger partial charge is 0.437 e. The normalized spacial score (nSPS) is 10.8. The quantitative estimate of drug-likeness (QED) is 0.429. The predicted octanol–water partition coefficient (Wildman–Crippen LogP) is 3.57. The summed E-state index contributed by atoms with van der Waals surface area (Å²) in [6.45, 7) is -0.355. The van der Waals surface area contributed by atoms with Crippen LogP contribution in [0.15, 0.2) is 82.0 Å². The Balaban J connectivity index is 1.56. The molecular weight excluding hydrogens is 441 g/mol. The van der Waals surface area contributed by atoms with E-state index in [9.17, 15) is 14.0 Å². The van der Waals surface area contributed by atoms with Gasteiger partial charge in [0.2, 0.25) is 11.8 Å². The van der Waals surface area contributed by atoms with Crippen LogP contribution in [0.1, 0.15) is 17.2 Å². The maximum absolute atomic E-state index is 13.2. The SMILES string of the molecule is COc1ccc(C(NC(=O)Cn2nc(-c3ccc(F)cc3)oc2=O)c2ccc(OC)cc2)cc1. The molecule has 0 saturated heterocycles.